The zero-order valence-electron chi connectivity index (χ0n) is 9.95. The van der Waals surface area contributed by atoms with Crippen LogP contribution in [-0.4, -0.2) is 5.78 Å². The molecular weight excluding hydrogens is 216 g/mol. The van der Waals surface area contributed by atoms with Crippen LogP contribution in [0.1, 0.15) is 44.6 Å². The second kappa shape index (κ2) is 5.62. The molecule has 0 bridgehead atoms. The van der Waals surface area contributed by atoms with Crippen LogP contribution in [-0.2, 0) is 11.2 Å². The van der Waals surface area contributed by atoms with E-state index in [-0.39, 0.29) is 0 Å². The van der Waals surface area contributed by atoms with E-state index in [9.17, 15) is 4.79 Å². The van der Waals surface area contributed by atoms with E-state index >= 15 is 0 Å². The summed E-state index contributed by atoms with van der Waals surface area (Å²) < 4.78 is 0. The van der Waals surface area contributed by atoms with E-state index in [0.29, 0.717) is 11.7 Å². The number of hydrogen-bond donors (Lipinski definition) is 0. The van der Waals surface area contributed by atoms with Crippen molar-refractivity contribution in [1.82, 2.24) is 0 Å². The summed E-state index contributed by atoms with van der Waals surface area (Å²) >= 11 is 1.72. The first-order chi connectivity index (χ1) is 7.79. The number of rotatable bonds is 5. The van der Waals surface area contributed by atoms with Gasteiger partial charge in [-0.05, 0) is 54.0 Å². The molecule has 1 aromatic rings. The van der Waals surface area contributed by atoms with E-state index in [1.165, 1.54) is 18.4 Å². The van der Waals surface area contributed by atoms with Crippen molar-refractivity contribution in [2.75, 3.05) is 0 Å². The van der Waals surface area contributed by atoms with Gasteiger partial charge in [-0.25, -0.2) is 0 Å². The van der Waals surface area contributed by atoms with Crippen LogP contribution in [0.5, 0.6) is 0 Å². The van der Waals surface area contributed by atoms with Gasteiger partial charge in [-0.3, -0.25) is 4.79 Å². The minimum Gasteiger partial charge on any atom is -0.299 e. The predicted octanol–water partition coefficient (Wildman–Crippen LogP) is 4.08. The SMILES string of the molecule is CCC1CCC(C(=O)CCc2ccsc2)C1. The summed E-state index contributed by atoms with van der Waals surface area (Å²) in [6.07, 6.45) is 6.49. The maximum absolute atomic E-state index is 12.0. The number of aryl methyl sites for hydroxylation is 1. The molecule has 0 saturated heterocycles. The van der Waals surface area contributed by atoms with E-state index in [1.807, 2.05) is 0 Å². The molecule has 1 saturated carbocycles. The van der Waals surface area contributed by atoms with E-state index in [0.717, 1.165) is 31.6 Å². The van der Waals surface area contributed by atoms with E-state index < -0.39 is 0 Å². The molecule has 16 heavy (non-hydrogen) atoms. The van der Waals surface area contributed by atoms with Gasteiger partial charge in [0.05, 0.1) is 0 Å². The number of ketones is 1. The third-order valence-electron chi connectivity index (χ3n) is 3.81. The Labute approximate surface area is 102 Å². The van der Waals surface area contributed by atoms with Gasteiger partial charge in [-0.2, -0.15) is 11.3 Å². The molecule has 2 atom stereocenters. The van der Waals surface area contributed by atoms with Crippen molar-refractivity contribution in [3.05, 3.63) is 22.4 Å². The maximum atomic E-state index is 12.0. The lowest BCUT2D eigenvalue weighted by atomic mass is 9.95. The number of thiophene rings is 1. The summed E-state index contributed by atoms with van der Waals surface area (Å²) in [7, 11) is 0. The van der Waals surface area contributed by atoms with Gasteiger partial charge < -0.3 is 0 Å². The lowest BCUT2D eigenvalue weighted by Crippen LogP contribution is -2.12. The second-order valence-corrected chi connectivity index (χ2v) is 5.66. The molecule has 1 heterocycles. The fraction of sp³-hybridized carbons (Fsp3) is 0.643. The quantitative estimate of drug-likeness (QED) is 0.753. The first-order valence-corrected chi connectivity index (χ1v) is 7.27. The number of carbonyl (C=O) groups excluding carboxylic acids is 1. The van der Waals surface area contributed by atoms with Crippen molar-refractivity contribution in [3.8, 4) is 0 Å². The molecule has 1 fully saturated rings. The van der Waals surface area contributed by atoms with Gasteiger partial charge >= 0.3 is 0 Å². The Morgan fingerprint density at radius 1 is 1.50 bits per heavy atom. The van der Waals surface area contributed by atoms with Crippen LogP contribution < -0.4 is 0 Å². The molecule has 0 aliphatic heterocycles. The van der Waals surface area contributed by atoms with Gasteiger partial charge in [-0.1, -0.05) is 13.3 Å². The second-order valence-electron chi connectivity index (χ2n) is 4.88. The van der Waals surface area contributed by atoms with Crippen molar-refractivity contribution >= 4 is 17.1 Å². The molecule has 0 amide bonds. The predicted molar refractivity (Wildman–Crippen MR) is 68.8 cm³/mol. The highest BCUT2D eigenvalue weighted by molar-refractivity contribution is 7.07. The lowest BCUT2D eigenvalue weighted by Gasteiger charge is -2.08. The fourth-order valence-electron chi connectivity index (χ4n) is 2.64. The average Bonchev–Trinajstić information content (AvgIpc) is 2.96. The number of Topliss-reactive ketones (excluding diaryl/α,β-unsaturated/α-hetero) is 1. The Morgan fingerprint density at radius 2 is 2.38 bits per heavy atom. The molecule has 0 aromatic carbocycles. The molecule has 88 valence electrons. The van der Waals surface area contributed by atoms with Gasteiger partial charge in [0.25, 0.3) is 0 Å². The Kier molecular flexibility index (Phi) is 4.16. The topological polar surface area (TPSA) is 17.1 Å². The molecule has 0 spiro atoms. The van der Waals surface area contributed by atoms with Crippen LogP contribution in [0.4, 0.5) is 0 Å². The third kappa shape index (κ3) is 2.94. The Bertz CT molecular complexity index is 329. The number of carbonyl (C=O) groups is 1. The van der Waals surface area contributed by atoms with Crippen molar-refractivity contribution in [3.63, 3.8) is 0 Å². The standard InChI is InChI=1S/C14H20OS/c1-2-11-3-5-13(9-11)14(15)6-4-12-7-8-16-10-12/h7-8,10-11,13H,2-6,9H2,1H3. The van der Waals surface area contributed by atoms with Crippen LogP contribution in [0.15, 0.2) is 16.8 Å². The summed E-state index contributed by atoms with van der Waals surface area (Å²) in [6.45, 7) is 2.24. The van der Waals surface area contributed by atoms with Crippen molar-refractivity contribution in [2.24, 2.45) is 11.8 Å². The monoisotopic (exact) mass is 236 g/mol. The molecule has 2 rings (SSSR count). The molecule has 0 radical (unpaired) electrons. The minimum atomic E-state index is 0.378. The van der Waals surface area contributed by atoms with E-state index in [1.54, 1.807) is 11.3 Å². The van der Waals surface area contributed by atoms with Gasteiger partial charge in [0.1, 0.15) is 5.78 Å². The lowest BCUT2D eigenvalue weighted by molar-refractivity contribution is -0.122. The van der Waals surface area contributed by atoms with Crippen LogP contribution in [0.3, 0.4) is 0 Å². The zero-order valence-corrected chi connectivity index (χ0v) is 10.8. The maximum Gasteiger partial charge on any atom is 0.136 e. The summed E-state index contributed by atoms with van der Waals surface area (Å²) in [5.41, 5.74) is 1.32. The van der Waals surface area contributed by atoms with Crippen LogP contribution in [0.25, 0.3) is 0 Å². The summed E-state index contributed by atoms with van der Waals surface area (Å²) in [4.78, 5) is 12.0. The highest BCUT2D eigenvalue weighted by Gasteiger charge is 2.28. The summed E-state index contributed by atoms with van der Waals surface area (Å²) in [6, 6.07) is 2.13. The van der Waals surface area contributed by atoms with Crippen molar-refractivity contribution in [2.45, 2.75) is 45.4 Å². The fourth-order valence-corrected chi connectivity index (χ4v) is 3.35. The Hall–Kier alpha value is -0.630. The first kappa shape index (κ1) is 11.8. The van der Waals surface area contributed by atoms with E-state index in [2.05, 4.69) is 23.8 Å². The molecule has 1 aliphatic carbocycles. The van der Waals surface area contributed by atoms with Crippen molar-refractivity contribution in [1.29, 1.82) is 0 Å². The molecule has 1 aliphatic rings. The first-order valence-electron chi connectivity index (χ1n) is 6.33. The largest absolute Gasteiger partial charge is 0.299 e. The smallest absolute Gasteiger partial charge is 0.136 e. The summed E-state index contributed by atoms with van der Waals surface area (Å²) in [5.74, 6) is 1.70. The Morgan fingerprint density at radius 3 is 3.00 bits per heavy atom. The van der Waals surface area contributed by atoms with E-state index in [4.69, 9.17) is 0 Å². The van der Waals surface area contributed by atoms with Gasteiger partial charge in [0.15, 0.2) is 0 Å². The van der Waals surface area contributed by atoms with Gasteiger partial charge in [0.2, 0.25) is 0 Å². The molecule has 1 aromatic heterocycles. The van der Waals surface area contributed by atoms with Crippen LogP contribution >= 0.6 is 11.3 Å². The zero-order chi connectivity index (χ0) is 11.4. The van der Waals surface area contributed by atoms with Crippen LogP contribution in [0, 0.1) is 11.8 Å². The highest BCUT2D eigenvalue weighted by atomic mass is 32.1. The van der Waals surface area contributed by atoms with Crippen molar-refractivity contribution < 1.29 is 4.79 Å². The molecule has 2 unspecified atom stereocenters. The summed E-state index contributed by atoms with van der Waals surface area (Å²) in [5, 5.41) is 4.24. The molecule has 2 heteroatoms. The molecular formula is C14H20OS. The van der Waals surface area contributed by atoms with Crippen LogP contribution in [0.2, 0.25) is 0 Å². The average molecular weight is 236 g/mol. The van der Waals surface area contributed by atoms with Gasteiger partial charge in [-0.15, -0.1) is 0 Å². The van der Waals surface area contributed by atoms with Gasteiger partial charge in [0, 0.05) is 12.3 Å². The Balaban J connectivity index is 1.76. The third-order valence-corrected chi connectivity index (χ3v) is 4.55. The highest BCUT2D eigenvalue weighted by Crippen LogP contribution is 2.34. The normalized spacial score (nSPS) is 24.8. The number of hydrogen-bond acceptors (Lipinski definition) is 2. The molecule has 0 N–H and O–H groups in total. The minimum absolute atomic E-state index is 0.378. The molecule has 1 nitrogen and oxygen atoms in total.